The molecule has 0 atom stereocenters. The smallest absolute Gasteiger partial charge is 0.376 e. The minimum Gasteiger partial charge on any atom is -0.458 e. The summed E-state index contributed by atoms with van der Waals surface area (Å²) in [6.45, 7) is 0.503. The second-order valence-electron chi connectivity index (χ2n) is 3.53. The maximum Gasteiger partial charge on any atom is 0.376 e. The fraction of sp³-hybridized carbons (Fsp3) is 0.778. The van der Waals surface area contributed by atoms with Crippen molar-refractivity contribution in [2.75, 3.05) is 0 Å². The zero-order chi connectivity index (χ0) is 10.8. The Kier molecular flexibility index (Phi) is 3.18. The summed E-state index contributed by atoms with van der Waals surface area (Å²) < 4.78 is 29.4. The molecule has 14 heavy (non-hydrogen) atoms. The molecule has 0 amide bonds. The van der Waals surface area contributed by atoms with Crippen molar-refractivity contribution in [2.45, 2.75) is 44.6 Å². The van der Waals surface area contributed by atoms with Gasteiger partial charge in [-0.25, -0.2) is 4.79 Å². The van der Waals surface area contributed by atoms with Gasteiger partial charge in [-0.15, -0.1) is 0 Å². The largest absolute Gasteiger partial charge is 0.458 e. The molecule has 0 radical (unpaired) electrons. The highest BCUT2D eigenvalue weighted by atomic mass is 19.3. The molecule has 0 aromatic carbocycles. The SMILES string of the molecule is CC(F)(F)C(=O)OC1CCC(=O)CC1. The highest BCUT2D eigenvalue weighted by Crippen LogP contribution is 2.22. The number of esters is 1. The van der Waals surface area contributed by atoms with Gasteiger partial charge >= 0.3 is 11.9 Å². The van der Waals surface area contributed by atoms with E-state index in [1.165, 1.54) is 0 Å². The topological polar surface area (TPSA) is 43.4 Å². The van der Waals surface area contributed by atoms with Crippen molar-refractivity contribution in [3.05, 3.63) is 0 Å². The number of carbonyl (C=O) groups is 2. The number of Topliss-reactive ketones (excluding diaryl/α,β-unsaturated/α-hetero) is 1. The Morgan fingerprint density at radius 1 is 1.43 bits per heavy atom. The van der Waals surface area contributed by atoms with Gasteiger partial charge in [0.15, 0.2) is 0 Å². The standard InChI is InChI=1S/C9H12F2O3/c1-9(10,11)8(13)14-7-4-2-6(12)3-5-7/h7H,2-5H2,1H3. The lowest BCUT2D eigenvalue weighted by Crippen LogP contribution is -2.33. The van der Waals surface area contributed by atoms with Crippen molar-refractivity contribution in [1.82, 2.24) is 0 Å². The van der Waals surface area contributed by atoms with E-state index in [0.717, 1.165) is 0 Å². The number of ketones is 1. The molecule has 0 aromatic rings. The second kappa shape index (κ2) is 4.02. The lowest BCUT2D eigenvalue weighted by molar-refractivity contribution is -0.176. The van der Waals surface area contributed by atoms with E-state index in [4.69, 9.17) is 0 Å². The van der Waals surface area contributed by atoms with Crippen molar-refractivity contribution in [1.29, 1.82) is 0 Å². The minimum atomic E-state index is -3.44. The maximum absolute atomic E-state index is 12.4. The summed E-state index contributed by atoms with van der Waals surface area (Å²) in [4.78, 5) is 21.6. The minimum absolute atomic E-state index is 0.0977. The summed E-state index contributed by atoms with van der Waals surface area (Å²) in [6.07, 6.45) is 0.827. The van der Waals surface area contributed by atoms with Gasteiger partial charge in [0.2, 0.25) is 0 Å². The van der Waals surface area contributed by atoms with E-state index >= 15 is 0 Å². The van der Waals surface area contributed by atoms with Gasteiger partial charge in [0, 0.05) is 19.8 Å². The van der Waals surface area contributed by atoms with Crippen LogP contribution in [0.2, 0.25) is 0 Å². The van der Waals surface area contributed by atoms with E-state index < -0.39 is 18.0 Å². The number of carbonyl (C=O) groups excluding carboxylic acids is 2. The molecule has 1 rings (SSSR count). The Hall–Kier alpha value is -1.00. The third-order valence-corrected chi connectivity index (χ3v) is 2.12. The Labute approximate surface area is 80.4 Å². The molecule has 5 heteroatoms. The van der Waals surface area contributed by atoms with Crippen LogP contribution in [0.15, 0.2) is 0 Å². The molecule has 0 aromatic heterocycles. The normalized spacial score (nSPS) is 19.5. The van der Waals surface area contributed by atoms with Crippen molar-refractivity contribution in [2.24, 2.45) is 0 Å². The fourth-order valence-corrected chi connectivity index (χ4v) is 1.29. The van der Waals surface area contributed by atoms with Crippen LogP contribution in [0.4, 0.5) is 8.78 Å². The van der Waals surface area contributed by atoms with Crippen LogP contribution in [-0.4, -0.2) is 23.8 Å². The van der Waals surface area contributed by atoms with Crippen LogP contribution in [0.3, 0.4) is 0 Å². The van der Waals surface area contributed by atoms with Gasteiger partial charge in [-0.2, -0.15) is 8.78 Å². The third-order valence-electron chi connectivity index (χ3n) is 2.12. The van der Waals surface area contributed by atoms with Crippen LogP contribution in [0.5, 0.6) is 0 Å². The second-order valence-corrected chi connectivity index (χ2v) is 3.53. The number of hydrogen-bond donors (Lipinski definition) is 0. The van der Waals surface area contributed by atoms with E-state index in [1.807, 2.05) is 0 Å². The third kappa shape index (κ3) is 3.05. The Bertz CT molecular complexity index is 235. The summed E-state index contributed by atoms with van der Waals surface area (Å²) in [6, 6.07) is 0. The molecule has 0 bridgehead atoms. The van der Waals surface area contributed by atoms with Crippen LogP contribution < -0.4 is 0 Å². The molecule has 0 spiro atoms. The van der Waals surface area contributed by atoms with Crippen molar-refractivity contribution in [3.63, 3.8) is 0 Å². The molecule has 1 aliphatic carbocycles. The summed E-state index contributed by atoms with van der Waals surface area (Å²) in [5.74, 6) is -4.85. The predicted octanol–water partition coefficient (Wildman–Crippen LogP) is 1.70. The first-order valence-electron chi connectivity index (χ1n) is 4.50. The Balaban J connectivity index is 2.38. The van der Waals surface area contributed by atoms with Gasteiger partial charge in [0.25, 0.3) is 0 Å². The Morgan fingerprint density at radius 2 is 1.93 bits per heavy atom. The van der Waals surface area contributed by atoms with E-state index in [2.05, 4.69) is 4.74 Å². The van der Waals surface area contributed by atoms with Crippen LogP contribution in [0.25, 0.3) is 0 Å². The average Bonchev–Trinajstić information content (AvgIpc) is 2.07. The fourth-order valence-electron chi connectivity index (χ4n) is 1.29. The van der Waals surface area contributed by atoms with Gasteiger partial charge in [-0.05, 0) is 12.8 Å². The van der Waals surface area contributed by atoms with Crippen LogP contribution in [-0.2, 0) is 14.3 Å². The summed E-state index contributed by atoms with van der Waals surface area (Å²) in [7, 11) is 0. The van der Waals surface area contributed by atoms with Crippen molar-refractivity contribution < 1.29 is 23.1 Å². The molecule has 0 N–H and O–H groups in total. The molecule has 0 unspecified atom stereocenters. The van der Waals surface area contributed by atoms with Gasteiger partial charge in [-0.1, -0.05) is 0 Å². The molecule has 0 heterocycles. The summed E-state index contributed by atoms with van der Waals surface area (Å²) in [5, 5.41) is 0. The molecule has 0 aliphatic heterocycles. The molecule has 1 saturated carbocycles. The van der Waals surface area contributed by atoms with Gasteiger partial charge in [0.05, 0.1) is 0 Å². The first-order chi connectivity index (χ1) is 6.39. The van der Waals surface area contributed by atoms with E-state index in [9.17, 15) is 18.4 Å². The average molecular weight is 206 g/mol. The predicted molar refractivity (Wildman–Crippen MR) is 44.0 cm³/mol. The molecule has 1 aliphatic rings. The lowest BCUT2D eigenvalue weighted by Gasteiger charge is -2.22. The number of alkyl halides is 2. The monoisotopic (exact) mass is 206 g/mol. The molecule has 80 valence electrons. The summed E-state index contributed by atoms with van der Waals surface area (Å²) >= 11 is 0. The summed E-state index contributed by atoms with van der Waals surface area (Å²) in [5.41, 5.74) is 0. The number of hydrogen-bond acceptors (Lipinski definition) is 3. The zero-order valence-electron chi connectivity index (χ0n) is 7.89. The molecule has 1 fully saturated rings. The van der Waals surface area contributed by atoms with Gasteiger partial charge in [0.1, 0.15) is 11.9 Å². The van der Waals surface area contributed by atoms with E-state index in [0.29, 0.717) is 32.6 Å². The van der Waals surface area contributed by atoms with Crippen LogP contribution in [0.1, 0.15) is 32.6 Å². The highest BCUT2D eigenvalue weighted by molar-refractivity contribution is 5.80. The highest BCUT2D eigenvalue weighted by Gasteiger charge is 2.36. The molecular weight excluding hydrogens is 194 g/mol. The zero-order valence-corrected chi connectivity index (χ0v) is 7.89. The lowest BCUT2D eigenvalue weighted by atomic mass is 9.96. The quantitative estimate of drug-likeness (QED) is 0.646. The van der Waals surface area contributed by atoms with Crippen LogP contribution in [0, 0.1) is 0 Å². The van der Waals surface area contributed by atoms with Gasteiger partial charge in [-0.3, -0.25) is 4.79 Å². The Morgan fingerprint density at radius 3 is 2.36 bits per heavy atom. The number of halogens is 2. The first kappa shape index (κ1) is 11.1. The van der Waals surface area contributed by atoms with Crippen LogP contribution >= 0.6 is 0 Å². The number of rotatable bonds is 2. The maximum atomic E-state index is 12.4. The molecular formula is C9H12F2O3. The van der Waals surface area contributed by atoms with Crippen molar-refractivity contribution in [3.8, 4) is 0 Å². The van der Waals surface area contributed by atoms with E-state index in [1.54, 1.807) is 0 Å². The molecule has 0 saturated heterocycles. The molecule has 3 nitrogen and oxygen atoms in total. The van der Waals surface area contributed by atoms with Gasteiger partial charge < -0.3 is 4.74 Å². The first-order valence-corrected chi connectivity index (χ1v) is 4.50. The number of ether oxygens (including phenoxy) is 1. The van der Waals surface area contributed by atoms with E-state index in [-0.39, 0.29) is 5.78 Å². The van der Waals surface area contributed by atoms with Crippen molar-refractivity contribution >= 4 is 11.8 Å².